The molecule has 1 fully saturated rings. The first-order chi connectivity index (χ1) is 15.4. The van der Waals surface area contributed by atoms with Crippen LogP contribution in [0.3, 0.4) is 0 Å². The van der Waals surface area contributed by atoms with Crippen molar-refractivity contribution in [2.24, 2.45) is 7.05 Å². The first kappa shape index (κ1) is 20.6. The van der Waals surface area contributed by atoms with Gasteiger partial charge in [0.2, 0.25) is 5.95 Å². The van der Waals surface area contributed by atoms with E-state index in [1.807, 2.05) is 24.3 Å². The van der Waals surface area contributed by atoms with Gasteiger partial charge in [-0.25, -0.2) is 23.4 Å². The van der Waals surface area contributed by atoms with E-state index < -0.39 is 5.92 Å². The molecule has 1 aliphatic carbocycles. The van der Waals surface area contributed by atoms with Crippen LogP contribution in [0.5, 0.6) is 0 Å². The number of piperidine rings is 1. The molecule has 8 nitrogen and oxygen atoms in total. The molecule has 1 aliphatic heterocycles. The van der Waals surface area contributed by atoms with Crippen LogP contribution in [0.1, 0.15) is 42.1 Å². The smallest absolute Gasteiger partial charge is 0.274 e. The van der Waals surface area contributed by atoms with Crippen molar-refractivity contribution in [2.75, 3.05) is 18.4 Å². The van der Waals surface area contributed by atoms with Crippen LogP contribution in [0, 0.1) is 0 Å². The van der Waals surface area contributed by atoms with Crippen molar-refractivity contribution in [3.63, 3.8) is 0 Å². The highest BCUT2D eigenvalue weighted by Gasteiger charge is 2.33. The molecule has 0 saturated carbocycles. The van der Waals surface area contributed by atoms with Crippen LogP contribution < -0.4 is 10.6 Å². The lowest BCUT2D eigenvalue weighted by Crippen LogP contribution is -2.38. The fourth-order valence-electron chi connectivity index (χ4n) is 4.32. The summed E-state index contributed by atoms with van der Waals surface area (Å²) >= 11 is 0. The van der Waals surface area contributed by atoms with Crippen LogP contribution in [-0.4, -0.2) is 49.3 Å². The Morgan fingerprint density at radius 2 is 2.16 bits per heavy atom. The molecule has 0 spiro atoms. The molecule has 2 aromatic heterocycles. The van der Waals surface area contributed by atoms with Crippen molar-refractivity contribution in [1.29, 1.82) is 0 Å². The molecule has 0 amide bonds. The molecule has 166 valence electrons. The summed E-state index contributed by atoms with van der Waals surface area (Å²) in [7, 11) is 1.78. The Balaban J connectivity index is 1.51. The second kappa shape index (κ2) is 8.01. The molecule has 1 saturated heterocycles. The number of aryl methyl sites for hydroxylation is 1. The highest BCUT2D eigenvalue weighted by atomic mass is 19.3. The number of aromatic nitrogens is 6. The van der Waals surface area contributed by atoms with Gasteiger partial charge in [-0.15, -0.1) is 5.10 Å². The quantitative estimate of drug-likeness (QED) is 0.633. The molecule has 32 heavy (non-hydrogen) atoms. The minimum absolute atomic E-state index is 0.175. The number of benzene rings is 1. The predicted molar refractivity (Wildman–Crippen MR) is 116 cm³/mol. The summed E-state index contributed by atoms with van der Waals surface area (Å²) in [5, 5.41) is 18.2. The number of tetrazole rings is 1. The molecule has 2 aliphatic rings. The predicted octanol–water partition coefficient (Wildman–Crippen LogP) is 2.93. The Morgan fingerprint density at radius 3 is 2.88 bits per heavy atom. The van der Waals surface area contributed by atoms with Crippen LogP contribution >= 0.6 is 0 Å². The number of nitrogens with zero attached hydrogens (tertiary/aromatic N) is 6. The minimum atomic E-state index is -3.06. The molecular formula is C22H24F2N8. The maximum atomic E-state index is 14.5. The van der Waals surface area contributed by atoms with E-state index in [-0.39, 0.29) is 17.3 Å². The molecule has 1 aromatic carbocycles. The van der Waals surface area contributed by atoms with Gasteiger partial charge in [-0.2, -0.15) is 0 Å². The second-order valence-corrected chi connectivity index (χ2v) is 8.35. The Morgan fingerprint density at radius 1 is 1.28 bits per heavy atom. The molecule has 2 N–H and O–H groups in total. The van der Waals surface area contributed by atoms with Crippen molar-refractivity contribution in [3.05, 3.63) is 52.9 Å². The summed E-state index contributed by atoms with van der Waals surface area (Å²) < 4.78 is 30.5. The van der Waals surface area contributed by atoms with Crippen LogP contribution in [0.2, 0.25) is 0 Å². The number of halogens is 2. The second-order valence-electron chi connectivity index (χ2n) is 8.35. The topological polar surface area (TPSA) is 93.4 Å². The summed E-state index contributed by atoms with van der Waals surface area (Å²) in [5.41, 5.74) is 3.58. The maximum Gasteiger partial charge on any atom is 0.274 e. The third-order valence-electron chi connectivity index (χ3n) is 5.95. The molecule has 0 radical (unpaired) electrons. The van der Waals surface area contributed by atoms with Gasteiger partial charge in [0, 0.05) is 43.9 Å². The fourth-order valence-corrected chi connectivity index (χ4v) is 4.32. The lowest BCUT2D eigenvalue weighted by atomic mass is 9.97. The lowest BCUT2D eigenvalue weighted by Gasteiger charge is -2.24. The molecule has 10 heteroatoms. The largest absolute Gasteiger partial charge is 0.350 e. The van der Waals surface area contributed by atoms with Gasteiger partial charge in [0.05, 0.1) is 11.3 Å². The maximum absolute atomic E-state index is 14.5. The average Bonchev–Trinajstić information content (AvgIpc) is 3.39. The fraction of sp³-hybridized carbons (Fsp3) is 0.409. The first-order valence-corrected chi connectivity index (χ1v) is 10.7. The van der Waals surface area contributed by atoms with Gasteiger partial charge >= 0.3 is 0 Å². The highest BCUT2D eigenvalue weighted by molar-refractivity contribution is 5.86. The summed E-state index contributed by atoms with van der Waals surface area (Å²) in [6.07, 6.45) is 5.87. The Labute approximate surface area is 184 Å². The van der Waals surface area contributed by atoms with E-state index in [4.69, 9.17) is 0 Å². The van der Waals surface area contributed by atoms with Crippen LogP contribution in [0.25, 0.3) is 17.0 Å². The number of nitrogens with one attached hydrogen (secondary N) is 2. The Bertz CT molecular complexity index is 1170. The van der Waals surface area contributed by atoms with E-state index in [2.05, 4.69) is 36.1 Å². The van der Waals surface area contributed by atoms with Crippen molar-refractivity contribution in [1.82, 2.24) is 35.5 Å². The monoisotopic (exact) mass is 438 g/mol. The number of allylic oxidation sites excluding steroid dienone is 1. The van der Waals surface area contributed by atoms with Gasteiger partial charge < -0.3 is 10.6 Å². The number of rotatable bonds is 5. The van der Waals surface area contributed by atoms with E-state index in [1.165, 1.54) is 6.20 Å². The third-order valence-corrected chi connectivity index (χ3v) is 5.95. The number of anilines is 1. The Kier molecular flexibility index (Phi) is 5.16. The molecular weight excluding hydrogens is 414 g/mol. The van der Waals surface area contributed by atoms with E-state index in [0.717, 1.165) is 49.5 Å². The zero-order chi connectivity index (χ0) is 22.3. The van der Waals surface area contributed by atoms with Gasteiger partial charge in [0.1, 0.15) is 0 Å². The van der Waals surface area contributed by atoms with Crippen molar-refractivity contribution in [2.45, 2.75) is 38.2 Å². The minimum Gasteiger partial charge on any atom is -0.350 e. The molecule has 1 atom stereocenters. The highest BCUT2D eigenvalue weighted by Crippen LogP contribution is 2.39. The standard InChI is InChI=1S/C22H24F2N8/c1-22(23,24)18-12-26-21(27-15-4-3-9-25-11-15)28-19(18)17-8-5-13-10-14(6-7-16(13)17)20-29-30-31-32(20)2/h6-8,10,12,15,25H,3-5,9,11H2,1-2H3,(H,26,27,28)/t15-/m0/s1. The SMILES string of the molecule is Cn1nnnc1-c1ccc2c(c1)CC=C2c1nc(N[C@H]2CCCNC2)ncc1C(C)(F)F. The van der Waals surface area contributed by atoms with Crippen LogP contribution in [-0.2, 0) is 19.4 Å². The summed E-state index contributed by atoms with van der Waals surface area (Å²) in [5.74, 6) is -2.04. The van der Waals surface area contributed by atoms with Gasteiger partial charge in [-0.05, 0) is 53.4 Å². The normalized spacial score (nSPS) is 18.4. The van der Waals surface area contributed by atoms with E-state index in [9.17, 15) is 8.78 Å². The Hall–Kier alpha value is -3.27. The van der Waals surface area contributed by atoms with Crippen LogP contribution in [0.15, 0.2) is 30.5 Å². The molecule has 3 heterocycles. The van der Waals surface area contributed by atoms with Gasteiger partial charge in [0.15, 0.2) is 5.82 Å². The van der Waals surface area contributed by atoms with Crippen LogP contribution in [0.4, 0.5) is 14.7 Å². The van der Waals surface area contributed by atoms with E-state index >= 15 is 0 Å². The average molecular weight is 438 g/mol. The zero-order valence-electron chi connectivity index (χ0n) is 17.9. The van der Waals surface area contributed by atoms with Crippen molar-refractivity contribution >= 4 is 11.5 Å². The number of alkyl halides is 2. The van der Waals surface area contributed by atoms with Gasteiger partial charge in [0.25, 0.3) is 5.92 Å². The van der Waals surface area contributed by atoms with Crippen molar-refractivity contribution < 1.29 is 8.78 Å². The van der Waals surface area contributed by atoms with Crippen molar-refractivity contribution in [3.8, 4) is 11.4 Å². The molecule has 0 unspecified atom stereocenters. The van der Waals surface area contributed by atoms with E-state index in [1.54, 1.807) is 11.7 Å². The number of hydrogen-bond acceptors (Lipinski definition) is 7. The number of hydrogen-bond donors (Lipinski definition) is 2. The first-order valence-electron chi connectivity index (χ1n) is 10.7. The number of fused-ring (bicyclic) bond motifs is 1. The third kappa shape index (κ3) is 3.86. The molecule has 5 rings (SSSR count). The lowest BCUT2D eigenvalue weighted by molar-refractivity contribution is 0.0165. The molecule has 0 bridgehead atoms. The van der Waals surface area contributed by atoms with Gasteiger partial charge in [-0.3, -0.25) is 0 Å². The molecule has 3 aromatic rings. The van der Waals surface area contributed by atoms with E-state index in [0.29, 0.717) is 23.8 Å². The summed E-state index contributed by atoms with van der Waals surface area (Å²) in [6, 6.07) is 6.01. The summed E-state index contributed by atoms with van der Waals surface area (Å²) in [6.45, 7) is 2.67. The van der Waals surface area contributed by atoms with Gasteiger partial charge in [-0.1, -0.05) is 18.2 Å². The summed E-state index contributed by atoms with van der Waals surface area (Å²) in [4.78, 5) is 8.77. The zero-order valence-corrected chi connectivity index (χ0v) is 17.9.